The number of aliphatic hydroxyl groups excluding tert-OH is 1. The number of aliphatic hydroxyl groups is 1. The van der Waals surface area contributed by atoms with Crippen LogP contribution in [0.5, 0.6) is 11.5 Å². The first kappa shape index (κ1) is 14.5. The minimum atomic E-state index is -0.722. The maximum absolute atomic E-state index is 9.91. The van der Waals surface area contributed by atoms with Crippen LogP contribution in [0.3, 0.4) is 0 Å². The van der Waals surface area contributed by atoms with Gasteiger partial charge in [0.05, 0.1) is 13.2 Å². The van der Waals surface area contributed by atoms with Crippen molar-refractivity contribution in [2.45, 2.75) is 25.0 Å². The Morgan fingerprint density at radius 2 is 2.16 bits per heavy atom. The van der Waals surface area contributed by atoms with Crippen LogP contribution >= 0.6 is 11.8 Å². The summed E-state index contributed by atoms with van der Waals surface area (Å²) in [7, 11) is 1.59. The maximum atomic E-state index is 9.91. The summed E-state index contributed by atoms with van der Waals surface area (Å²) < 4.78 is 11.4. The average molecular weight is 283 g/mol. The first-order valence-corrected chi connectivity index (χ1v) is 7.71. The van der Waals surface area contributed by atoms with E-state index in [4.69, 9.17) is 15.2 Å². The molecule has 1 aliphatic heterocycles. The Balaban J connectivity index is 2.19. The Hall–Kier alpha value is -0.910. The van der Waals surface area contributed by atoms with Crippen molar-refractivity contribution in [3.8, 4) is 11.5 Å². The number of ether oxygens (including phenoxy) is 2. The van der Waals surface area contributed by atoms with E-state index in [0.717, 1.165) is 24.3 Å². The predicted molar refractivity (Wildman–Crippen MR) is 78.0 cm³/mol. The molecule has 1 fully saturated rings. The smallest absolute Gasteiger partial charge is 0.166 e. The number of hydrogen-bond donors (Lipinski definition) is 2. The second-order valence-corrected chi connectivity index (χ2v) is 5.78. The van der Waals surface area contributed by atoms with E-state index >= 15 is 0 Å². The lowest BCUT2D eigenvalue weighted by molar-refractivity contribution is 0.169. The molecule has 0 amide bonds. The number of nitrogens with two attached hydrogens (primary N) is 1. The highest BCUT2D eigenvalue weighted by Crippen LogP contribution is 2.36. The molecule has 0 aromatic heterocycles. The van der Waals surface area contributed by atoms with Gasteiger partial charge in [-0.25, -0.2) is 0 Å². The molecule has 1 aromatic carbocycles. The molecule has 106 valence electrons. The highest BCUT2D eigenvalue weighted by atomic mass is 32.2. The van der Waals surface area contributed by atoms with E-state index in [9.17, 15) is 5.11 Å². The maximum Gasteiger partial charge on any atom is 0.166 e. The number of hydrogen-bond acceptors (Lipinski definition) is 5. The van der Waals surface area contributed by atoms with E-state index in [1.807, 2.05) is 30.0 Å². The third-order valence-electron chi connectivity index (χ3n) is 3.26. The SMILES string of the molecule is COc1c(OC2CCSCC2)cccc1C(O)CN. The first-order valence-electron chi connectivity index (χ1n) is 6.55. The van der Waals surface area contributed by atoms with Crippen molar-refractivity contribution in [1.29, 1.82) is 0 Å². The number of thioether (sulfide) groups is 1. The molecule has 2 rings (SSSR count). The molecule has 19 heavy (non-hydrogen) atoms. The van der Waals surface area contributed by atoms with Crippen LogP contribution in [0.4, 0.5) is 0 Å². The summed E-state index contributed by atoms with van der Waals surface area (Å²) in [5.41, 5.74) is 6.20. The minimum absolute atomic E-state index is 0.167. The Kier molecular flexibility index (Phi) is 5.36. The van der Waals surface area contributed by atoms with Crippen molar-refractivity contribution >= 4 is 11.8 Å². The molecular weight excluding hydrogens is 262 g/mol. The van der Waals surface area contributed by atoms with Crippen molar-refractivity contribution in [3.63, 3.8) is 0 Å². The molecule has 1 atom stereocenters. The van der Waals surface area contributed by atoms with Gasteiger partial charge >= 0.3 is 0 Å². The second kappa shape index (κ2) is 7.03. The highest BCUT2D eigenvalue weighted by Gasteiger charge is 2.20. The monoisotopic (exact) mass is 283 g/mol. The second-order valence-electron chi connectivity index (χ2n) is 4.56. The topological polar surface area (TPSA) is 64.7 Å². The predicted octanol–water partition coefficient (Wildman–Crippen LogP) is 1.96. The molecule has 0 spiro atoms. The summed E-state index contributed by atoms with van der Waals surface area (Å²) >= 11 is 1.96. The van der Waals surface area contributed by atoms with Gasteiger partial charge in [0.15, 0.2) is 11.5 Å². The van der Waals surface area contributed by atoms with Gasteiger partial charge in [0.2, 0.25) is 0 Å². The lowest BCUT2D eigenvalue weighted by Crippen LogP contribution is -2.22. The minimum Gasteiger partial charge on any atom is -0.492 e. The van der Waals surface area contributed by atoms with Gasteiger partial charge in [-0.2, -0.15) is 11.8 Å². The summed E-state index contributed by atoms with van der Waals surface area (Å²) in [5.74, 6) is 3.57. The van der Waals surface area contributed by atoms with Crippen LogP contribution in [-0.2, 0) is 0 Å². The fourth-order valence-electron chi connectivity index (χ4n) is 2.21. The molecular formula is C14H21NO3S. The van der Waals surface area contributed by atoms with E-state index in [2.05, 4.69) is 0 Å². The van der Waals surface area contributed by atoms with Gasteiger partial charge in [0, 0.05) is 12.1 Å². The summed E-state index contributed by atoms with van der Waals surface area (Å²) in [4.78, 5) is 0. The van der Waals surface area contributed by atoms with Gasteiger partial charge in [-0.1, -0.05) is 12.1 Å². The zero-order valence-electron chi connectivity index (χ0n) is 11.2. The molecule has 5 heteroatoms. The molecule has 0 radical (unpaired) electrons. The van der Waals surface area contributed by atoms with E-state index in [0.29, 0.717) is 17.1 Å². The van der Waals surface area contributed by atoms with Gasteiger partial charge in [-0.3, -0.25) is 0 Å². The van der Waals surface area contributed by atoms with Crippen LogP contribution in [0.15, 0.2) is 18.2 Å². The number of methoxy groups -OCH3 is 1. The van der Waals surface area contributed by atoms with Crippen molar-refractivity contribution in [2.75, 3.05) is 25.2 Å². The summed E-state index contributed by atoms with van der Waals surface area (Å²) in [6.45, 7) is 0.167. The van der Waals surface area contributed by atoms with Gasteiger partial charge in [0.25, 0.3) is 0 Å². The molecule has 1 aromatic rings. The van der Waals surface area contributed by atoms with Crippen molar-refractivity contribution in [2.24, 2.45) is 5.73 Å². The quantitative estimate of drug-likeness (QED) is 0.865. The van der Waals surface area contributed by atoms with E-state index < -0.39 is 6.10 Å². The zero-order chi connectivity index (χ0) is 13.7. The Bertz CT molecular complexity index is 408. The number of benzene rings is 1. The molecule has 4 nitrogen and oxygen atoms in total. The van der Waals surface area contributed by atoms with Gasteiger partial charge in [0.1, 0.15) is 6.10 Å². The van der Waals surface area contributed by atoms with Crippen LogP contribution < -0.4 is 15.2 Å². The molecule has 0 aliphatic carbocycles. The summed E-state index contributed by atoms with van der Waals surface area (Å²) in [6, 6.07) is 5.57. The van der Waals surface area contributed by atoms with E-state index in [1.54, 1.807) is 7.11 Å². The standard InChI is InChI=1S/C14H21NO3S/c1-17-14-11(12(16)9-15)3-2-4-13(14)18-10-5-7-19-8-6-10/h2-4,10,12,16H,5-9,15H2,1H3. The summed E-state index contributed by atoms with van der Waals surface area (Å²) in [6.07, 6.45) is 1.62. The summed E-state index contributed by atoms with van der Waals surface area (Å²) in [5, 5.41) is 9.91. The largest absolute Gasteiger partial charge is 0.492 e. The first-order chi connectivity index (χ1) is 9.26. The zero-order valence-corrected chi connectivity index (χ0v) is 12.0. The fourth-order valence-corrected chi connectivity index (χ4v) is 3.27. The van der Waals surface area contributed by atoms with E-state index in [-0.39, 0.29) is 12.6 Å². The third kappa shape index (κ3) is 3.55. The Labute approximate surface area is 118 Å². The average Bonchev–Trinajstić information content (AvgIpc) is 2.47. The number of para-hydroxylation sites is 1. The lowest BCUT2D eigenvalue weighted by atomic mass is 10.1. The van der Waals surface area contributed by atoms with Crippen LogP contribution in [0.2, 0.25) is 0 Å². The fraction of sp³-hybridized carbons (Fsp3) is 0.571. The Morgan fingerprint density at radius 3 is 2.79 bits per heavy atom. The molecule has 3 N–H and O–H groups in total. The van der Waals surface area contributed by atoms with Crippen molar-refractivity contribution < 1.29 is 14.6 Å². The van der Waals surface area contributed by atoms with Crippen molar-refractivity contribution in [1.82, 2.24) is 0 Å². The normalized spacial score (nSPS) is 18.1. The molecule has 0 saturated carbocycles. The molecule has 1 unspecified atom stereocenters. The van der Waals surface area contributed by atoms with Crippen molar-refractivity contribution in [3.05, 3.63) is 23.8 Å². The van der Waals surface area contributed by atoms with Crippen LogP contribution in [0.25, 0.3) is 0 Å². The van der Waals surface area contributed by atoms with Gasteiger partial charge in [-0.15, -0.1) is 0 Å². The lowest BCUT2D eigenvalue weighted by Gasteiger charge is -2.25. The molecule has 1 aliphatic rings. The van der Waals surface area contributed by atoms with Gasteiger partial charge in [-0.05, 0) is 30.4 Å². The van der Waals surface area contributed by atoms with Crippen LogP contribution in [0, 0.1) is 0 Å². The van der Waals surface area contributed by atoms with E-state index in [1.165, 1.54) is 0 Å². The molecule has 1 heterocycles. The highest BCUT2D eigenvalue weighted by molar-refractivity contribution is 7.99. The van der Waals surface area contributed by atoms with Crippen LogP contribution in [0.1, 0.15) is 24.5 Å². The van der Waals surface area contributed by atoms with Crippen LogP contribution in [-0.4, -0.2) is 36.4 Å². The number of rotatable bonds is 5. The Morgan fingerprint density at radius 1 is 1.42 bits per heavy atom. The third-order valence-corrected chi connectivity index (χ3v) is 4.31. The molecule has 0 bridgehead atoms. The van der Waals surface area contributed by atoms with Gasteiger partial charge < -0.3 is 20.3 Å². The molecule has 1 saturated heterocycles.